The molecule has 0 spiro atoms. The molecule has 100 valence electrons. The van der Waals surface area contributed by atoms with Crippen molar-refractivity contribution in [1.82, 2.24) is 4.72 Å². The van der Waals surface area contributed by atoms with Crippen molar-refractivity contribution < 1.29 is 22.3 Å². The van der Waals surface area contributed by atoms with E-state index in [2.05, 4.69) is 9.13 Å². The van der Waals surface area contributed by atoms with E-state index in [9.17, 15) is 17.6 Å². The number of carbonyl (C=O) groups is 1. The summed E-state index contributed by atoms with van der Waals surface area (Å²) in [5.74, 6) is -1.39. The van der Waals surface area contributed by atoms with Gasteiger partial charge in [0.25, 0.3) is 0 Å². The fourth-order valence-corrected chi connectivity index (χ4v) is 2.36. The minimum atomic E-state index is -4.05. The third-order valence-corrected chi connectivity index (χ3v) is 3.18. The Morgan fingerprint density at radius 1 is 1.42 bits per heavy atom. The number of rotatable bonds is 2. The fraction of sp³-hybridized carbons (Fsp3) is 0.0909. The van der Waals surface area contributed by atoms with Crippen LogP contribution in [0.2, 0.25) is 0 Å². The minimum absolute atomic E-state index is 0.0429. The third-order valence-electron chi connectivity index (χ3n) is 2.26. The molecular weight excluding hydrogens is 275 g/mol. The van der Waals surface area contributed by atoms with Gasteiger partial charge in [-0.3, -0.25) is 4.72 Å². The maximum absolute atomic E-state index is 13.1. The molecule has 19 heavy (non-hydrogen) atoms. The molecule has 0 atom stereocenters. The summed E-state index contributed by atoms with van der Waals surface area (Å²) < 4.78 is 45.9. The molecule has 0 bridgehead atoms. The second-order valence-electron chi connectivity index (χ2n) is 3.61. The van der Waals surface area contributed by atoms with Gasteiger partial charge in [0.15, 0.2) is 0 Å². The van der Waals surface area contributed by atoms with Gasteiger partial charge in [0.2, 0.25) is 0 Å². The van der Waals surface area contributed by atoms with Crippen LogP contribution in [0.3, 0.4) is 0 Å². The topological polar surface area (TPSA) is 84.8 Å². The van der Waals surface area contributed by atoms with Gasteiger partial charge in [-0.25, -0.2) is 9.18 Å². The van der Waals surface area contributed by atoms with Crippen LogP contribution in [-0.4, -0.2) is 27.2 Å². The van der Waals surface area contributed by atoms with E-state index < -0.39 is 22.0 Å². The maximum atomic E-state index is 13.1. The molecule has 6 nitrogen and oxygen atoms in total. The Balaban J connectivity index is 2.52. The Bertz CT molecular complexity index is 694. The molecule has 0 aliphatic carbocycles. The fourth-order valence-electron chi connectivity index (χ4n) is 1.48. The highest BCUT2D eigenvalue weighted by Gasteiger charge is 2.24. The van der Waals surface area contributed by atoms with Gasteiger partial charge in [-0.1, -0.05) is 12.1 Å². The zero-order valence-electron chi connectivity index (χ0n) is 9.75. The highest BCUT2D eigenvalue weighted by Crippen LogP contribution is 2.13. The average molecular weight is 284 g/mol. The Labute approximate surface area is 108 Å². The molecule has 2 rings (SSSR count). The number of hydrogen-bond donors (Lipinski definition) is 1. The summed E-state index contributed by atoms with van der Waals surface area (Å²) in [6, 6.07) is 5.22. The molecule has 0 amide bonds. The van der Waals surface area contributed by atoms with Gasteiger partial charge in [0, 0.05) is 5.56 Å². The van der Waals surface area contributed by atoms with Crippen molar-refractivity contribution in [3.05, 3.63) is 47.4 Å². The number of benzene rings is 1. The quantitative estimate of drug-likeness (QED) is 0.802. The largest absolute Gasteiger partial charge is 0.464 e. The number of halogens is 1. The van der Waals surface area contributed by atoms with Crippen LogP contribution in [0.1, 0.15) is 5.56 Å². The first-order valence-corrected chi connectivity index (χ1v) is 6.54. The molecule has 0 unspecified atom stereocenters. The predicted octanol–water partition coefficient (Wildman–Crippen LogP) is 0.520. The van der Waals surface area contributed by atoms with E-state index in [-0.39, 0.29) is 17.0 Å². The highest BCUT2D eigenvalue weighted by atomic mass is 32.2. The Hall–Kier alpha value is -2.22. The maximum Gasteiger partial charge on any atom is 0.355 e. The van der Waals surface area contributed by atoms with Crippen molar-refractivity contribution in [3.8, 4) is 0 Å². The summed E-state index contributed by atoms with van der Waals surface area (Å²) in [5.41, 5.74) is -0.0816. The van der Waals surface area contributed by atoms with Gasteiger partial charge in [0.05, 0.1) is 12.8 Å². The Morgan fingerprint density at radius 2 is 2.16 bits per heavy atom. The number of hydrogen-bond acceptors (Lipinski definition) is 4. The number of nitrogens with one attached hydrogen (secondary N) is 1. The summed E-state index contributed by atoms with van der Waals surface area (Å²) in [6.45, 7) is 0. The smallest absolute Gasteiger partial charge is 0.355 e. The first-order valence-electron chi connectivity index (χ1n) is 5.10. The Morgan fingerprint density at radius 3 is 2.79 bits per heavy atom. The lowest BCUT2D eigenvalue weighted by Crippen LogP contribution is -2.31. The molecular formula is C11H9FN2O4S. The standard InChI is InChI=1S/C11H9FN2O4S/c1-18-11(15)10-6-9(13-19(16,17)14-10)7-3-2-4-8(12)5-7/h2-6,14H,1H3. The number of allylic oxidation sites excluding steroid dienone is 1. The van der Waals surface area contributed by atoms with E-state index in [0.717, 1.165) is 13.2 Å². The minimum Gasteiger partial charge on any atom is -0.464 e. The Kier molecular flexibility index (Phi) is 3.34. The van der Waals surface area contributed by atoms with Crippen molar-refractivity contribution in [2.75, 3.05) is 7.11 Å². The molecule has 1 aliphatic rings. The number of esters is 1. The molecule has 0 aromatic heterocycles. The van der Waals surface area contributed by atoms with E-state index in [1.165, 1.54) is 24.3 Å². The van der Waals surface area contributed by atoms with E-state index in [1.807, 2.05) is 4.72 Å². The van der Waals surface area contributed by atoms with Gasteiger partial charge >= 0.3 is 16.2 Å². The monoisotopic (exact) mass is 284 g/mol. The van der Waals surface area contributed by atoms with E-state index in [1.54, 1.807) is 0 Å². The second-order valence-corrected chi connectivity index (χ2v) is 4.95. The van der Waals surface area contributed by atoms with Crippen LogP contribution in [0.15, 0.2) is 40.4 Å². The highest BCUT2D eigenvalue weighted by molar-refractivity contribution is 7.88. The summed E-state index contributed by atoms with van der Waals surface area (Å²) in [5, 5.41) is 0. The second kappa shape index (κ2) is 4.81. The van der Waals surface area contributed by atoms with Crippen LogP contribution in [0.25, 0.3) is 0 Å². The summed E-state index contributed by atoms with van der Waals surface area (Å²) in [6.07, 6.45) is 1.18. The summed E-state index contributed by atoms with van der Waals surface area (Å²) >= 11 is 0. The molecule has 1 heterocycles. The number of nitrogens with zero attached hydrogens (tertiary/aromatic N) is 1. The SMILES string of the molecule is COC(=O)C1=CC(c2cccc(F)c2)=NS(=O)(=O)N1. The van der Waals surface area contributed by atoms with Gasteiger partial charge in [0.1, 0.15) is 11.5 Å². The molecule has 1 aliphatic heterocycles. The van der Waals surface area contributed by atoms with Crippen molar-refractivity contribution in [2.45, 2.75) is 0 Å². The molecule has 1 N–H and O–H groups in total. The van der Waals surface area contributed by atoms with Crippen LogP contribution in [0, 0.1) is 5.82 Å². The van der Waals surface area contributed by atoms with Gasteiger partial charge in [-0.05, 0) is 18.2 Å². The lowest BCUT2D eigenvalue weighted by atomic mass is 10.1. The van der Waals surface area contributed by atoms with E-state index in [0.29, 0.717) is 0 Å². The zero-order valence-corrected chi connectivity index (χ0v) is 10.6. The predicted molar refractivity (Wildman–Crippen MR) is 65.1 cm³/mol. The van der Waals surface area contributed by atoms with Crippen molar-refractivity contribution >= 4 is 21.9 Å². The molecule has 0 fully saturated rings. The lowest BCUT2D eigenvalue weighted by Gasteiger charge is -2.13. The van der Waals surface area contributed by atoms with Crippen LogP contribution in [0.5, 0.6) is 0 Å². The number of methoxy groups -OCH3 is 1. The third kappa shape index (κ3) is 2.97. The van der Waals surface area contributed by atoms with Crippen molar-refractivity contribution in [3.63, 3.8) is 0 Å². The van der Waals surface area contributed by atoms with Gasteiger partial charge in [-0.15, -0.1) is 4.40 Å². The lowest BCUT2D eigenvalue weighted by molar-refractivity contribution is -0.136. The molecule has 1 aromatic carbocycles. The molecule has 0 radical (unpaired) electrons. The van der Waals surface area contributed by atoms with Crippen molar-refractivity contribution in [1.29, 1.82) is 0 Å². The van der Waals surface area contributed by atoms with Crippen LogP contribution in [-0.2, 0) is 19.7 Å². The zero-order chi connectivity index (χ0) is 14.0. The molecule has 0 saturated heterocycles. The molecule has 1 aromatic rings. The number of ether oxygens (including phenoxy) is 1. The van der Waals surface area contributed by atoms with Crippen LogP contribution in [0.4, 0.5) is 4.39 Å². The van der Waals surface area contributed by atoms with E-state index >= 15 is 0 Å². The summed E-state index contributed by atoms with van der Waals surface area (Å²) in [4.78, 5) is 11.4. The molecule has 0 saturated carbocycles. The molecule has 8 heteroatoms. The van der Waals surface area contributed by atoms with E-state index in [4.69, 9.17) is 0 Å². The average Bonchev–Trinajstić information content (AvgIpc) is 2.36. The van der Waals surface area contributed by atoms with Crippen LogP contribution < -0.4 is 4.72 Å². The van der Waals surface area contributed by atoms with Crippen molar-refractivity contribution in [2.24, 2.45) is 4.40 Å². The first-order chi connectivity index (χ1) is 8.91. The van der Waals surface area contributed by atoms with Gasteiger partial charge < -0.3 is 4.74 Å². The number of carbonyl (C=O) groups excluding carboxylic acids is 1. The summed E-state index contributed by atoms with van der Waals surface area (Å²) in [7, 11) is -2.93. The van der Waals surface area contributed by atoms with Gasteiger partial charge in [-0.2, -0.15) is 8.42 Å². The normalized spacial score (nSPS) is 16.9. The van der Waals surface area contributed by atoms with Crippen LogP contribution >= 0.6 is 0 Å². The first kappa shape index (κ1) is 13.2.